The molecule has 1 unspecified atom stereocenters. The molecule has 4 N–H and O–H groups in total. The van der Waals surface area contributed by atoms with E-state index in [0.29, 0.717) is 12.3 Å². The summed E-state index contributed by atoms with van der Waals surface area (Å²) in [6.07, 6.45) is 0.636. The first-order chi connectivity index (χ1) is 8.42. The van der Waals surface area contributed by atoms with E-state index < -0.39 is 11.5 Å². The number of carbonyl (C=O) groups is 1. The van der Waals surface area contributed by atoms with Crippen molar-refractivity contribution in [1.29, 1.82) is 0 Å². The quantitative estimate of drug-likeness (QED) is 0.603. The fraction of sp³-hybridized carbons (Fsp3) is 0.500. The van der Waals surface area contributed by atoms with Gasteiger partial charge in [-0.25, -0.2) is 0 Å². The van der Waals surface area contributed by atoms with Crippen molar-refractivity contribution in [2.45, 2.75) is 26.3 Å². The Balaban J connectivity index is 2.77. The summed E-state index contributed by atoms with van der Waals surface area (Å²) in [5, 5.41) is 21.0. The van der Waals surface area contributed by atoms with Gasteiger partial charge in [-0.15, -0.1) is 0 Å². The van der Waals surface area contributed by atoms with Crippen molar-refractivity contribution in [2.75, 3.05) is 6.61 Å². The molecule has 0 aliphatic carbocycles. The van der Waals surface area contributed by atoms with E-state index >= 15 is 0 Å². The number of aromatic hydroxyl groups is 1. The third-order valence-corrected chi connectivity index (χ3v) is 2.40. The molecule has 0 saturated heterocycles. The fourth-order valence-electron chi connectivity index (χ4n) is 1.68. The molecule has 1 atom stereocenters. The third-order valence-electron chi connectivity index (χ3n) is 2.40. The molecule has 0 fully saturated rings. The number of nitrogens with one attached hydrogen (secondary N) is 2. The molecule has 0 radical (unpaired) electrons. The Bertz CT molecular complexity index is 467. The van der Waals surface area contributed by atoms with Gasteiger partial charge in [-0.2, -0.15) is 0 Å². The summed E-state index contributed by atoms with van der Waals surface area (Å²) in [6.45, 7) is 3.79. The summed E-state index contributed by atoms with van der Waals surface area (Å²) in [5.41, 5.74) is -0.483. The molecular weight excluding hydrogens is 236 g/mol. The van der Waals surface area contributed by atoms with E-state index in [4.69, 9.17) is 5.11 Å². The molecule has 18 heavy (non-hydrogen) atoms. The maximum Gasteiger partial charge on any atom is 0.251 e. The highest BCUT2D eigenvalue weighted by Gasteiger charge is 2.15. The van der Waals surface area contributed by atoms with Crippen LogP contribution in [0.3, 0.4) is 0 Å². The number of aromatic nitrogens is 1. The summed E-state index contributed by atoms with van der Waals surface area (Å²) in [5.74, 6) is -0.525. The van der Waals surface area contributed by atoms with Crippen molar-refractivity contribution >= 4 is 5.91 Å². The monoisotopic (exact) mass is 254 g/mol. The average Bonchev–Trinajstić information content (AvgIpc) is 2.26. The van der Waals surface area contributed by atoms with Gasteiger partial charge in [0.15, 0.2) is 5.88 Å². The van der Waals surface area contributed by atoms with Crippen LogP contribution in [0.25, 0.3) is 0 Å². The predicted molar refractivity (Wildman–Crippen MR) is 66.5 cm³/mol. The largest absolute Gasteiger partial charge is 0.494 e. The zero-order chi connectivity index (χ0) is 13.7. The van der Waals surface area contributed by atoms with Gasteiger partial charge in [-0.1, -0.05) is 13.8 Å². The van der Waals surface area contributed by atoms with E-state index in [1.807, 2.05) is 13.8 Å². The van der Waals surface area contributed by atoms with Crippen molar-refractivity contribution in [2.24, 2.45) is 5.92 Å². The SMILES string of the molecule is CC(C)CC(CO)NC(=O)c1cc(O)[nH]c(=O)c1. The molecule has 1 rings (SSSR count). The van der Waals surface area contributed by atoms with E-state index in [0.717, 1.165) is 6.07 Å². The first-order valence-corrected chi connectivity index (χ1v) is 5.77. The highest BCUT2D eigenvalue weighted by molar-refractivity contribution is 5.94. The number of carbonyl (C=O) groups excluding carboxylic acids is 1. The number of hydrogen-bond acceptors (Lipinski definition) is 4. The van der Waals surface area contributed by atoms with Crippen LogP contribution in [-0.2, 0) is 0 Å². The second kappa shape index (κ2) is 6.20. The molecule has 6 nitrogen and oxygen atoms in total. The lowest BCUT2D eigenvalue weighted by atomic mass is 10.0. The molecular formula is C12H18N2O4. The number of aromatic amines is 1. The van der Waals surface area contributed by atoms with E-state index in [1.165, 1.54) is 6.07 Å². The summed E-state index contributed by atoms with van der Waals surface area (Å²) >= 11 is 0. The van der Waals surface area contributed by atoms with Crippen molar-refractivity contribution in [3.63, 3.8) is 0 Å². The minimum atomic E-state index is -0.551. The lowest BCUT2D eigenvalue weighted by molar-refractivity contribution is 0.0907. The summed E-state index contributed by atoms with van der Waals surface area (Å²) in [7, 11) is 0. The molecule has 1 aromatic rings. The van der Waals surface area contributed by atoms with Crippen LogP contribution in [0.2, 0.25) is 0 Å². The van der Waals surface area contributed by atoms with E-state index in [-0.39, 0.29) is 24.1 Å². The van der Waals surface area contributed by atoms with Gasteiger partial charge < -0.3 is 15.5 Å². The van der Waals surface area contributed by atoms with Gasteiger partial charge >= 0.3 is 0 Å². The Morgan fingerprint density at radius 2 is 2.11 bits per heavy atom. The minimum absolute atomic E-state index is 0.0680. The first-order valence-electron chi connectivity index (χ1n) is 5.77. The van der Waals surface area contributed by atoms with Crippen LogP contribution in [0, 0.1) is 5.92 Å². The Kier molecular flexibility index (Phi) is 4.91. The molecule has 1 amide bonds. The normalized spacial score (nSPS) is 12.4. The molecule has 0 bridgehead atoms. The van der Waals surface area contributed by atoms with Gasteiger partial charge in [0.2, 0.25) is 0 Å². The van der Waals surface area contributed by atoms with E-state index in [1.54, 1.807) is 0 Å². The third kappa shape index (κ3) is 4.21. The number of aliphatic hydroxyl groups is 1. The van der Waals surface area contributed by atoms with Crippen molar-refractivity contribution < 1.29 is 15.0 Å². The van der Waals surface area contributed by atoms with E-state index in [2.05, 4.69) is 10.3 Å². The maximum atomic E-state index is 11.8. The number of rotatable bonds is 5. The second-order valence-corrected chi connectivity index (χ2v) is 4.60. The van der Waals surface area contributed by atoms with Gasteiger partial charge in [0.1, 0.15) is 0 Å². The highest BCUT2D eigenvalue weighted by Crippen LogP contribution is 2.07. The number of amides is 1. The van der Waals surface area contributed by atoms with Crippen molar-refractivity contribution in [3.8, 4) is 5.88 Å². The Labute approximate surface area is 105 Å². The van der Waals surface area contributed by atoms with Crippen LogP contribution in [0.1, 0.15) is 30.6 Å². The lowest BCUT2D eigenvalue weighted by Gasteiger charge is -2.18. The van der Waals surface area contributed by atoms with Crippen LogP contribution in [0.5, 0.6) is 5.88 Å². The Morgan fingerprint density at radius 1 is 1.44 bits per heavy atom. The topological polar surface area (TPSA) is 102 Å². The standard InChI is InChI=1S/C12H18N2O4/c1-7(2)3-9(6-15)13-12(18)8-4-10(16)14-11(17)5-8/h4-5,7,9,15H,3,6H2,1-2H3,(H,13,18)(H2,14,16,17). The molecule has 0 saturated carbocycles. The zero-order valence-corrected chi connectivity index (χ0v) is 10.4. The smallest absolute Gasteiger partial charge is 0.251 e. The van der Waals surface area contributed by atoms with Crippen LogP contribution >= 0.6 is 0 Å². The fourth-order valence-corrected chi connectivity index (χ4v) is 1.68. The van der Waals surface area contributed by atoms with Crippen LogP contribution in [0.4, 0.5) is 0 Å². The minimum Gasteiger partial charge on any atom is -0.494 e. The Morgan fingerprint density at radius 3 is 2.61 bits per heavy atom. The van der Waals surface area contributed by atoms with Crippen LogP contribution in [0.15, 0.2) is 16.9 Å². The predicted octanol–water partition coefficient (Wildman–Crippen LogP) is 0.217. The molecule has 1 aromatic heterocycles. The second-order valence-electron chi connectivity index (χ2n) is 4.60. The van der Waals surface area contributed by atoms with Crippen LogP contribution in [-0.4, -0.2) is 33.8 Å². The molecule has 100 valence electrons. The molecule has 1 heterocycles. The first kappa shape index (κ1) is 14.2. The lowest BCUT2D eigenvalue weighted by Crippen LogP contribution is -2.38. The summed E-state index contributed by atoms with van der Waals surface area (Å²) in [4.78, 5) is 25.1. The molecule has 0 aliphatic rings. The van der Waals surface area contributed by atoms with Crippen molar-refractivity contribution in [3.05, 3.63) is 28.0 Å². The summed E-state index contributed by atoms with van der Waals surface area (Å²) in [6, 6.07) is 1.90. The molecule has 0 aliphatic heterocycles. The zero-order valence-electron chi connectivity index (χ0n) is 10.4. The Hall–Kier alpha value is -1.82. The molecule has 0 aromatic carbocycles. The van der Waals surface area contributed by atoms with Crippen LogP contribution < -0.4 is 10.9 Å². The van der Waals surface area contributed by atoms with Gasteiger partial charge in [0.05, 0.1) is 18.2 Å². The van der Waals surface area contributed by atoms with E-state index in [9.17, 15) is 14.7 Å². The number of pyridine rings is 1. The van der Waals surface area contributed by atoms with Gasteiger partial charge in [0, 0.05) is 12.1 Å². The highest BCUT2D eigenvalue weighted by atomic mass is 16.3. The van der Waals surface area contributed by atoms with Gasteiger partial charge in [-0.05, 0) is 12.3 Å². The summed E-state index contributed by atoms with van der Waals surface area (Å²) < 4.78 is 0. The number of H-pyrrole nitrogens is 1. The number of aliphatic hydroxyl groups excluding tert-OH is 1. The van der Waals surface area contributed by atoms with Gasteiger partial charge in [0.25, 0.3) is 11.5 Å². The van der Waals surface area contributed by atoms with Gasteiger partial charge in [-0.3, -0.25) is 14.6 Å². The average molecular weight is 254 g/mol. The number of hydrogen-bond donors (Lipinski definition) is 4. The molecule has 6 heteroatoms. The molecule has 0 spiro atoms. The maximum absolute atomic E-state index is 11.8. The van der Waals surface area contributed by atoms with Crippen molar-refractivity contribution in [1.82, 2.24) is 10.3 Å².